The third kappa shape index (κ3) is 3.17. The molecule has 1 rings (SSSR count). The molecule has 0 bridgehead atoms. The Balaban J connectivity index is 2.54. The number of ether oxygens (including phenoxy) is 1. The van der Waals surface area contributed by atoms with E-state index < -0.39 is 12.0 Å². The summed E-state index contributed by atoms with van der Waals surface area (Å²) in [6.45, 7) is 3.29. The van der Waals surface area contributed by atoms with Crippen LogP contribution in [0.3, 0.4) is 0 Å². The van der Waals surface area contributed by atoms with E-state index in [0.717, 1.165) is 0 Å². The summed E-state index contributed by atoms with van der Waals surface area (Å²) >= 11 is 0. The molecule has 0 spiro atoms. The Hall–Kier alpha value is -1.14. The third-order valence-electron chi connectivity index (χ3n) is 2.36. The maximum Gasteiger partial charge on any atom is 0.305 e. The molecule has 0 radical (unpaired) electrons. The van der Waals surface area contributed by atoms with Gasteiger partial charge in [-0.25, -0.2) is 0 Å². The Kier molecular flexibility index (Phi) is 4.05. The number of aliphatic carboxylic acids is 1. The number of nitrogens with two attached hydrogens (primary N) is 1. The number of hydrogen-bond acceptors (Lipinski definition) is 4. The number of carboxylic acid groups (broad SMARTS) is 1. The first-order valence-electron chi connectivity index (χ1n) is 4.88. The van der Waals surface area contributed by atoms with Crippen molar-refractivity contribution in [3.05, 3.63) is 0 Å². The van der Waals surface area contributed by atoms with Gasteiger partial charge in [0.2, 0.25) is 5.91 Å². The fourth-order valence-electron chi connectivity index (χ4n) is 1.54. The van der Waals surface area contributed by atoms with Gasteiger partial charge in [0, 0.05) is 6.54 Å². The second-order valence-electron chi connectivity index (χ2n) is 3.66. The summed E-state index contributed by atoms with van der Waals surface area (Å²) in [6, 6.07) is -0.992. The highest BCUT2D eigenvalue weighted by molar-refractivity contribution is 5.86. The second-order valence-corrected chi connectivity index (χ2v) is 3.66. The molecule has 15 heavy (non-hydrogen) atoms. The highest BCUT2D eigenvalue weighted by atomic mass is 16.5. The molecule has 2 unspecified atom stereocenters. The average Bonchev–Trinajstić information content (AvgIpc) is 2.16. The van der Waals surface area contributed by atoms with Gasteiger partial charge in [0.15, 0.2) is 0 Å². The molecule has 86 valence electrons. The van der Waals surface area contributed by atoms with Gasteiger partial charge < -0.3 is 20.5 Å². The minimum Gasteiger partial charge on any atom is -0.481 e. The van der Waals surface area contributed by atoms with Gasteiger partial charge >= 0.3 is 5.97 Å². The molecule has 1 aliphatic heterocycles. The Labute approximate surface area is 88.0 Å². The number of carbonyl (C=O) groups excluding carboxylic acids is 1. The first-order valence-corrected chi connectivity index (χ1v) is 4.88. The molecule has 2 atom stereocenters. The molecule has 0 aliphatic carbocycles. The van der Waals surface area contributed by atoms with E-state index in [4.69, 9.17) is 15.6 Å². The molecule has 6 nitrogen and oxygen atoms in total. The highest BCUT2D eigenvalue weighted by Gasteiger charge is 2.28. The molecule has 0 aromatic carbocycles. The van der Waals surface area contributed by atoms with Crippen molar-refractivity contribution in [3.8, 4) is 0 Å². The molecule has 1 amide bonds. The largest absolute Gasteiger partial charge is 0.481 e. The van der Waals surface area contributed by atoms with Crippen LogP contribution in [0.5, 0.6) is 0 Å². The zero-order valence-electron chi connectivity index (χ0n) is 8.68. The monoisotopic (exact) mass is 216 g/mol. The van der Waals surface area contributed by atoms with E-state index in [-0.39, 0.29) is 18.4 Å². The number of hydrogen-bond donors (Lipinski definition) is 2. The Bertz CT molecular complexity index is 256. The van der Waals surface area contributed by atoms with Gasteiger partial charge in [0.05, 0.1) is 31.7 Å². The van der Waals surface area contributed by atoms with E-state index in [9.17, 15) is 9.59 Å². The molecular weight excluding hydrogens is 200 g/mol. The van der Waals surface area contributed by atoms with Crippen LogP contribution in [0.25, 0.3) is 0 Å². The molecular formula is C9H16N2O4. The molecule has 1 aliphatic rings. The molecule has 3 N–H and O–H groups in total. The van der Waals surface area contributed by atoms with Gasteiger partial charge in [-0.3, -0.25) is 9.59 Å². The normalized spacial score (nSPS) is 23.6. The lowest BCUT2D eigenvalue weighted by Gasteiger charge is -2.34. The van der Waals surface area contributed by atoms with Crippen LogP contribution in [0, 0.1) is 0 Å². The molecule has 0 aromatic rings. The quantitative estimate of drug-likeness (QED) is 0.633. The van der Waals surface area contributed by atoms with E-state index >= 15 is 0 Å². The number of nitrogens with zero attached hydrogens (tertiary/aromatic N) is 1. The predicted octanol–water partition coefficient (Wildman–Crippen LogP) is -0.964. The van der Waals surface area contributed by atoms with Crippen molar-refractivity contribution in [1.82, 2.24) is 4.90 Å². The standard InChI is InChI=1S/C9H16N2O4/c1-6-5-15-3-2-11(6)9(14)7(10)4-8(12)13/h6-7H,2-5,10H2,1H3,(H,12,13). The van der Waals surface area contributed by atoms with Crippen molar-refractivity contribution in [2.24, 2.45) is 5.73 Å². The summed E-state index contributed by atoms with van der Waals surface area (Å²) in [7, 11) is 0. The van der Waals surface area contributed by atoms with Crippen molar-refractivity contribution in [1.29, 1.82) is 0 Å². The first kappa shape index (κ1) is 11.9. The maximum absolute atomic E-state index is 11.7. The fourth-order valence-corrected chi connectivity index (χ4v) is 1.54. The number of rotatable bonds is 3. The van der Waals surface area contributed by atoms with E-state index in [1.807, 2.05) is 6.92 Å². The summed E-state index contributed by atoms with van der Waals surface area (Å²) < 4.78 is 5.17. The topological polar surface area (TPSA) is 92.9 Å². The summed E-state index contributed by atoms with van der Waals surface area (Å²) in [5.74, 6) is -1.37. The van der Waals surface area contributed by atoms with Gasteiger partial charge in [-0.05, 0) is 6.92 Å². The van der Waals surface area contributed by atoms with Crippen LogP contribution in [0.15, 0.2) is 0 Å². The van der Waals surface area contributed by atoms with Crippen molar-refractivity contribution in [3.63, 3.8) is 0 Å². The summed E-state index contributed by atoms with van der Waals surface area (Å²) in [6.07, 6.45) is -0.330. The number of amides is 1. The highest BCUT2D eigenvalue weighted by Crippen LogP contribution is 2.08. The Morgan fingerprint density at radius 2 is 2.33 bits per heavy atom. The zero-order valence-corrected chi connectivity index (χ0v) is 8.68. The Morgan fingerprint density at radius 1 is 1.67 bits per heavy atom. The molecule has 1 saturated heterocycles. The van der Waals surface area contributed by atoms with Crippen LogP contribution < -0.4 is 5.73 Å². The molecule has 0 saturated carbocycles. The molecule has 6 heteroatoms. The van der Waals surface area contributed by atoms with Crippen molar-refractivity contribution >= 4 is 11.9 Å². The van der Waals surface area contributed by atoms with Crippen molar-refractivity contribution < 1.29 is 19.4 Å². The number of morpholine rings is 1. The van der Waals surface area contributed by atoms with Crippen LogP contribution in [0.1, 0.15) is 13.3 Å². The SMILES string of the molecule is CC1COCCN1C(=O)C(N)CC(=O)O. The van der Waals surface area contributed by atoms with Crippen molar-refractivity contribution in [2.75, 3.05) is 19.8 Å². The molecule has 1 fully saturated rings. The van der Waals surface area contributed by atoms with Crippen LogP contribution in [-0.4, -0.2) is 53.7 Å². The number of carboxylic acids is 1. The summed E-state index contributed by atoms with van der Waals surface area (Å²) in [4.78, 5) is 23.7. The smallest absolute Gasteiger partial charge is 0.305 e. The third-order valence-corrected chi connectivity index (χ3v) is 2.36. The van der Waals surface area contributed by atoms with E-state index in [0.29, 0.717) is 19.8 Å². The van der Waals surface area contributed by atoms with E-state index in [1.165, 1.54) is 0 Å². The van der Waals surface area contributed by atoms with Crippen LogP contribution in [-0.2, 0) is 14.3 Å². The molecule has 0 aromatic heterocycles. The number of carbonyl (C=O) groups is 2. The van der Waals surface area contributed by atoms with Crippen LogP contribution in [0.2, 0.25) is 0 Å². The fraction of sp³-hybridized carbons (Fsp3) is 0.778. The lowest BCUT2D eigenvalue weighted by atomic mass is 10.1. The lowest BCUT2D eigenvalue weighted by molar-refractivity contribution is -0.145. The van der Waals surface area contributed by atoms with E-state index in [2.05, 4.69) is 0 Å². The second kappa shape index (κ2) is 5.09. The van der Waals surface area contributed by atoms with E-state index in [1.54, 1.807) is 4.90 Å². The summed E-state index contributed by atoms with van der Waals surface area (Å²) in [5.41, 5.74) is 5.50. The minimum atomic E-state index is -1.06. The van der Waals surface area contributed by atoms with Gasteiger partial charge in [0.1, 0.15) is 0 Å². The van der Waals surface area contributed by atoms with Gasteiger partial charge in [-0.1, -0.05) is 0 Å². The van der Waals surface area contributed by atoms with Crippen LogP contribution >= 0.6 is 0 Å². The predicted molar refractivity (Wildman–Crippen MR) is 52.2 cm³/mol. The van der Waals surface area contributed by atoms with Gasteiger partial charge in [-0.15, -0.1) is 0 Å². The average molecular weight is 216 g/mol. The Morgan fingerprint density at radius 3 is 2.87 bits per heavy atom. The zero-order chi connectivity index (χ0) is 11.4. The molecule has 1 heterocycles. The lowest BCUT2D eigenvalue weighted by Crippen LogP contribution is -2.53. The summed E-state index contributed by atoms with van der Waals surface area (Å²) in [5, 5.41) is 8.52. The minimum absolute atomic E-state index is 0.0360. The van der Waals surface area contributed by atoms with Crippen LogP contribution in [0.4, 0.5) is 0 Å². The van der Waals surface area contributed by atoms with Gasteiger partial charge in [-0.2, -0.15) is 0 Å². The van der Waals surface area contributed by atoms with Gasteiger partial charge in [0.25, 0.3) is 0 Å². The van der Waals surface area contributed by atoms with Crippen molar-refractivity contribution in [2.45, 2.75) is 25.4 Å². The first-order chi connectivity index (χ1) is 7.02. The maximum atomic E-state index is 11.7.